The molecule has 0 saturated heterocycles. The summed E-state index contributed by atoms with van der Waals surface area (Å²) in [7, 11) is 0. The van der Waals surface area contributed by atoms with Gasteiger partial charge in [0.15, 0.2) is 5.13 Å². The normalized spacial score (nSPS) is 10.9. The zero-order valence-corrected chi connectivity index (χ0v) is 13.0. The Labute approximate surface area is 129 Å². The van der Waals surface area contributed by atoms with Crippen LogP contribution in [0, 0.1) is 6.92 Å². The van der Waals surface area contributed by atoms with Gasteiger partial charge in [-0.2, -0.15) is 0 Å². The lowest BCUT2D eigenvalue weighted by molar-refractivity contribution is -0.116. The molecule has 3 aromatic rings. The van der Waals surface area contributed by atoms with Crippen molar-refractivity contribution >= 4 is 44.0 Å². The van der Waals surface area contributed by atoms with Gasteiger partial charge in [0.1, 0.15) is 0 Å². The summed E-state index contributed by atoms with van der Waals surface area (Å²) in [4.78, 5) is 29.1. The van der Waals surface area contributed by atoms with Gasteiger partial charge in [-0.1, -0.05) is 23.7 Å². The summed E-state index contributed by atoms with van der Waals surface area (Å²) in [6.07, 6.45) is 1.97. The van der Waals surface area contributed by atoms with Crippen molar-refractivity contribution in [1.29, 1.82) is 0 Å². The first kappa shape index (κ1) is 14.0. The molecule has 5 nitrogen and oxygen atoms in total. The van der Waals surface area contributed by atoms with Crippen LogP contribution in [0.1, 0.15) is 11.3 Å². The second-order valence-corrected chi connectivity index (χ2v) is 6.87. The van der Waals surface area contributed by atoms with Crippen LogP contribution in [-0.2, 0) is 11.3 Å². The fraction of sp³-hybridized carbons (Fsp3) is 0.214. The van der Waals surface area contributed by atoms with E-state index >= 15 is 0 Å². The molecule has 1 aromatic carbocycles. The number of hydrogen-bond donors (Lipinski definition) is 1. The van der Waals surface area contributed by atoms with Gasteiger partial charge >= 0.3 is 0 Å². The van der Waals surface area contributed by atoms with E-state index in [0.29, 0.717) is 17.1 Å². The number of nitrogens with zero attached hydrogens (tertiary/aromatic N) is 2. The fourth-order valence-electron chi connectivity index (χ4n) is 1.96. The molecule has 0 aliphatic heterocycles. The summed E-state index contributed by atoms with van der Waals surface area (Å²) in [5.74, 6) is -0.131. The van der Waals surface area contributed by atoms with Crippen LogP contribution in [0.3, 0.4) is 0 Å². The number of rotatable bonds is 4. The summed E-state index contributed by atoms with van der Waals surface area (Å²) in [6, 6.07) is 7.47. The number of thiazole rings is 1. The van der Waals surface area contributed by atoms with E-state index in [2.05, 4.69) is 10.3 Å². The Morgan fingerprint density at radius 3 is 2.90 bits per heavy atom. The minimum Gasteiger partial charge on any atom is -0.302 e. The molecule has 1 N–H and O–H groups in total. The summed E-state index contributed by atoms with van der Waals surface area (Å²) in [5.41, 5.74) is -0.0338. The fourth-order valence-corrected chi connectivity index (χ4v) is 3.64. The molecular formula is C14H13N3O2S2. The lowest BCUT2D eigenvalue weighted by Gasteiger charge is -2.01. The summed E-state index contributed by atoms with van der Waals surface area (Å²) < 4.78 is 2.57. The van der Waals surface area contributed by atoms with Gasteiger partial charge in [-0.3, -0.25) is 13.5 Å². The summed E-state index contributed by atoms with van der Waals surface area (Å²) in [6.45, 7) is 2.32. The molecule has 0 unspecified atom stereocenters. The SMILES string of the molecule is Cc1cnc(NC(=O)CCn2sc3ccccc3c2=O)s1. The molecule has 0 aliphatic carbocycles. The number of hydrogen-bond acceptors (Lipinski definition) is 5. The zero-order chi connectivity index (χ0) is 14.8. The van der Waals surface area contributed by atoms with Crippen LogP contribution in [-0.4, -0.2) is 14.8 Å². The molecule has 2 aromatic heterocycles. The Morgan fingerprint density at radius 2 is 2.19 bits per heavy atom. The molecule has 0 aliphatic rings. The minimum atomic E-state index is -0.131. The molecule has 21 heavy (non-hydrogen) atoms. The van der Waals surface area contributed by atoms with Crippen molar-refractivity contribution in [3.63, 3.8) is 0 Å². The number of carbonyl (C=O) groups excluding carboxylic acids is 1. The number of fused-ring (bicyclic) bond motifs is 1. The Kier molecular flexibility index (Phi) is 3.85. The number of aromatic nitrogens is 2. The molecule has 108 valence electrons. The number of carbonyl (C=O) groups is 1. The standard InChI is InChI=1S/C14H13N3O2S2/c1-9-8-15-14(20-9)16-12(18)6-7-17-13(19)10-4-2-3-5-11(10)21-17/h2-5,8H,6-7H2,1H3,(H,15,16,18). The minimum absolute atomic E-state index is 0.0338. The highest BCUT2D eigenvalue weighted by Crippen LogP contribution is 2.18. The quantitative estimate of drug-likeness (QED) is 0.804. The molecule has 2 heterocycles. The maximum atomic E-state index is 12.1. The molecule has 0 bridgehead atoms. The second kappa shape index (κ2) is 5.79. The van der Waals surface area contributed by atoms with Crippen molar-refractivity contribution in [3.8, 4) is 0 Å². The van der Waals surface area contributed by atoms with Crippen LogP contribution in [0.5, 0.6) is 0 Å². The molecule has 0 spiro atoms. The molecule has 0 radical (unpaired) electrons. The number of nitrogens with one attached hydrogen (secondary N) is 1. The second-order valence-electron chi connectivity index (χ2n) is 4.57. The van der Waals surface area contributed by atoms with Crippen molar-refractivity contribution < 1.29 is 4.79 Å². The molecule has 1 amide bonds. The summed E-state index contributed by atoms with van der Waals surface area (Å²) in [5, 5.41) is 4.05. The largest absolute Gasteiger partial charge is 0.302 e. The first-order chi connectivity index (χ1) is 10.1. The van der Waals surface area contributed by atoms with Crippen molar-refractivity contribution in [3.05, 3.63) is 45.7 Å². The van der Waals surface area contributed by atoms with Gasteiger partial charge in [0.25, 0.3) is 5.56 Å². The average molecular weight is 319 g/mol. The first-order valence-electron chi connectivity index (χ1n) is 6.44. The number of amides is 1. The van der Waals surface area contributed by atoms with Crippen LogP contribution in [0.15, 0.2) is 35.3 Å². The predicted molar refractivity (Wildman–Crippen MR) is 86.2 cm³/mol. The van der Waals surface area contributed by atoms with Gasteiger partial charge in [-0.25, -0.2) is 4.98 Å². The molecular weight excluding hydrogens is 306 g/mol. The lowest BCUT2D eigenvalue weighted by atomic mass is 10.3. The maximum Gasteiger partial charge on any atom is 0.268 e. The average Bonchev–Trinajstić information content (AvgIpc) is 3.01. The van der Waals surface area contributed by atoms with Gasteiger partial charge in [0.2, 0.25) is 5.91 Å². The van der Waals surface area contributed by atoms with Crippen LogP contribution in [0.25, 0.3) is 10.1 Å². The van der Waals surface area contributed by atoms with Crippen molar-refractivity contribution in [2.75, 3.05) is 5.32 Å². The van der Waals surface area contributed by atoms with E-state index in [9.17, 15) is 9.59 Å². The van der Waals surface area contributed by atoms with Crippen molar-refractivity contribution in [1.82, 2.24) is 8.94 Å². The molecule has 0 fully saturated rings. The van der Waals surface area contributed by atoms with Gasteiger partial charge in [0, 0.05) is 24.0 Å². The Bertz CT molecular complexity index is 847. The van der Waals surface area contributed by atoms with E-state index in [1.807, 2.05) is 31.2 Å². The number of anilines is 1. The maximum absolute atomic E-state index is 12.1. The molecule has 7 heteroatoms. The highest BCUT2D eigenvalue weighted by Gasteiger charge is 2.10. The molecule has 3 rings (SSSR count). The number of benzene rings is 1. The van der Waals surface area contributed by atoms with Gasteiger partial charge in [-0.15, -0.1) is 11.3 Å². The highest BCUT2D eigenvalue weighted by molar-refractivity contribution is 7.15. The molecule has 0 saturated carbocycles. The van der Waals surface area contributed by atoms with Crippen molar-refractivity contribution in [2.24, 2.45) is 0 Å². The van der Waals surface area contributed by atoms with E-state index in [4.69, 9.17) is 0 Å². The van der Waals surface area contributed by atoms with Gasteiger partial charge < -0.3 is 5.32 Å². The summed E-state index contributed by atoms with van der Waals surface area (Å²) >= 11 is 2.82. The van der Waals surface area contributed by atoms with Crippen molar-refractivity contribution in [2.45, 2.75) is 19.9 Å². The van der Waals surface area contributed by atoms with E-state index in [1.54, 1.807) is 10.2 Å². The lowest BCUT2D eigenvalue weighted by Crippen LogP contribution is -2.18. The van der Waals surface area contributed by atoms with Crippen LogP contribution in [0.4, 0.5) is 5.13 Å². The first-order valence-corrected chi connectivity index (χ1v) is 8.03. The highest BCUT2D eigenvalue weighted by atomic mass is 32.1. The van der Waals surface area contributed by atoms with Crippen LogP contribution < -0.4 is 10.9 Å². The Hall–Kier alpha value is -1.99. The number of aryl methyl sites for hydroxylation is 2. The smallest absolute Gasteiger partial charge is 0.268 e. The van der Waals surface area contributed by atoms with Gasteiger partial charge in [-0.05, 0) is 19.1 Å². The van der Waals surface area contributed by atoms with Crippen LogP contribution in [0.2, 0.25) is 0 Å². The van der Waals surface area contributed by atoms with E-state index in [-0.39, 0.29) is 17.9 Å². The zero-order valence-electron chi connectivity index (χ0n) is 11.3. The third kappa shape index (κ3) is 3.03. The predicted octanol–water partition coefficient (Wildman–Crippen LogP) is 2.86. The topological polar surface area (TPSA) is 64.0 Å². The third-order valence-electron chi connectivity index (χ3n) is 2.96. The van der Waals surface area contributed by atoms with Gasteiger partial charge in [0.05, 0.1) is 10.1 Å². The van der Waals surface area contributed by atoms with Crippen LogP contribution >= 0.6 is 22.9 Å². The molecule has 0 atom stereocenters. The Balaban J connectivity index is 1.67. The van der Waals surface area contributed by atoms with E-state index in [1.165, 1.54) is 22.9 Å². The Morgan fingerprint density at radius 1 is 1.38 bits per heavy atom. The monoisotopic (exact) mass is 319 g/mol. The van der Waals surface area contributed by atoms with E-state index < -0.39 is 0 Å². The third-order valence-corrected chi connectivity index (χ3v) is 4.91. The van der Waals surface area contributed by atoms with E-state index in [0.717, 1.165) is 9.58 Å².